The van der Waals surface area contributed by atoms with Crippen LogP contribution in [0.15, 0.2) is 30.3 Å². The molecule has 1 aromatic heterocycles. The van der Waals surface area contributed by atoms with E-state index in [2.05, 4.69) is 31.7 Å². The molecule has 7 nitrogen and oxygen atoms in total. The number of fused-ring (bicyclic) bond motifs is 1. The minimum absolute atomic E-state index is 0.0561. The zero-order valence-corrected chi connectivity index (χ0v) is 15.1. The third-order valence-electron chi connectivity index (χ3n) is 4.85. The van der Waals surface area contributed by atoms with E-state index in [-0.39, 0.29) is 18.6 Å². The van der Waals surface area contributed by atoms with Gasteiger partial charge < -0.3 is 19.9 Å². The second-order valence-corrected chi connectivity index (χ2v) is 7.38. The van der Waals surface area contributed by atoms with Crippen molar-refractivity contribution in [3.8, 4) is 0 Å². The average molecular weight is 359 g/mol. The molecule has 25 heavy (non-hydrogen) atoms. The minimum atomic E-state index is -0.470. The fourth-order valence-corrected chi connectivity index (χ4v) is 4.32. The van der Waals surface area contributed by atoms with Gasteiger partial charge in [0.25, 0.3) is 0 Å². The number of hydrogen-bond acceptors (Lipinski definition) is 7. The molecule has 1 N–H and O–H groups in total. The Morgan fingerprint density at radius 2 is 2.16 bits per heavy atom. The molecule has 2 aromatic rings. The summed E-state index contributed by atoms with van der Waals surface area (Å²) in [5.41, 5.74) is 0.626. The lowest BCUT2D eigenvalue weighted by Gasteiger charge is -2.50. The number of nitrogens with one attached hydrogen (secondary N) is 1. The second-order valence-electron chi connectivity index (χ2n) is 6.65. The first-order chi connectivity index (χ1) is 12.1. The molecule has 2 fully saturated rings. The van der Waals surface area contributed by atoms with Crippen LogP contribution in [0.2, 0.25) is 0 Å². The van der Waals surface area contributed by atoms with Crippen molar-refractivity contribution in [2.45, 2.75) is 18.1 Å². The van der Waals surface area contributed by atoms with Gasteiger partial charge in [0.1, 0.15) is 12.7 Å². The average Bonchev–Trinajstić information content (AvgIpc) is 3.12. The Morgan fingerprint density at radius 3 is 2.88 bits per heavy atom. The van der Waals surface area contributed by atoms with E-state index < -0.39 is 5.54 Å². The molecule has 2 atom stereocenters. The van der Waals surface area contributed by atoms with E-state index in [1.165, 1.54) is 11.5 Å². The summed E-state index contributed by atoms with van der Waals surface area (Å²) < 4.78 is 10.3. The molecule has 2 aliphatic heterocycles. The zero-order chi connectivity index (χ0) is 17.4. The number of ether oxygens (including phenoxy) is 1. The number of aromatic nitrogens is 2. The SMILES string of the molecule is CN(C)c1nsc(N2CC[C@@]3(c4ccccc4)NC(=O)CO[C@@H]3C2)n1. The first-order valence-corrected chi connectivity index (χ1v) is 9.10. The predicted octanol–water partition coefficient (Wildman–Crippen LogP) is 1.22. The lowest BCUT2D eigenvalue weighted by molar-refractivity contribution is -0.146. The molecule has 132 valence electrons. The van der Waals surface area contributed by atoms with Crippen LogP contribution in [0.25, 0.3) is 0 Å². The molecule has 3 heterocycles. The highest BCUT2D eigenvalue weighted by Crippen LogP contribution is 2.38. The van der Waals surface area contributed by atoms with Gasteiger partial charge in [-0.2, -0.15) is 9.36 Å². The van der Waals surface area contributed by atoms with Crippen molar-refractivity contribution in [1.82, 2.24) is 14.7 Å². The van der Waals surface area contributed by atoms with Gasteiger partial charge in [-0.15, -0.1) is 0 Å². The fraction of sp³-hybridized carbons (Fsp3) is 0.471. The van der Waals surface area contributed by atoms with Crippen LogP contribution in [0, 0.1) is 0 Å². The lowest BCUT2D eigenvalue weighted by Crippen LogP contribution is -2.66. The highest BCUT2D eigenvalue weighted by atomic mass is 32.1. The number of nitrogens with zero attached hydrogens (tertiary/aromatic N) is 4. The maximum atomic E-state index is 12.1. The molecule has 0 bridgehead atoms. The van der Waals surface area contributed by atoms with Crippen LogP contribution in [-0.2, 0) is 15.1 Å². The van der Waals surface area contributed by atoms with Crippen LogP contribution in [0.3, 0.4) is 0 Å². The van der Waals surface area contributed by atoms with Gasteiger partial charge in [0, 0.05) is 38.7 Å². The van der Waals surface area contributed by atoms with Crippen molar-refractivity contribution in [3.63, 3.8) is 0 Å². The first-order valence-electron chi connectivity index (χ1n) is 8.32. The molecule has 0 radical (unpaired) electrons. The minimum Gasteiger partial charge on any atom is -0.364 e. The number of morpholine rings is 1. The number of carbonyl (C=O) groups excluding carboxylic acids is 1. The number of carbonyl (C=O) groups is 1. The zero-order valence-electron chi connectivity index (χ0n) is 14.3. The van der Waals surface area contributed by atoms with Gasteiger partial charge in [0.15, 0.2) is 0 Å². The van der Waals surface area contributed by atoms with Crippen molar-refractivity contribution in [2.24, 2.45) is 0 Å². The molecule has 1 aromatic carbocycles. The fourth-order valence-electron chi connectivity index (χ4n) is 3.55. The summed E-state index contributed by atoms with van der Waals surface area (Å²) in [6.07, 6.45) is 0.651. The molecule has 1 amide bonds. The van der Waals surface area contributed by atoms with Crippen molar-refractivity contribution < 1.29 is 9.53 Å². The van der Waals surface area contributed by atoms with Crippen LogP contribution in [0.5, 0.6) is 0 Å². The van der Waals surface area contributed by atoms with E-state index in [1.54, 1.807) is 0 Å². The smallest absolute Gasteiger partial charge is 0.246 e. The van der Waals surface area contributed by atoms with Crippen LogP contribution in [0.1, 0.15) is 12.0 Å². The number of amides is 1. The summed E-state index contributed by atoms with van der Waals surface area (Å²) in [6.45, 7) is 1.57. The number of benzene rings is 1. The number of piperidine rings is 1. The van der Waals surface area contributed by atoms with Crippen molar-refractivity contribution >= 4 is 28.5 Å². The first kappa shape index (κ1) is 16.3. The second kappa shape index (κ2) is 6.27. The Kier molecular flexibility index (Phi) is 4.09. The van der Waals surface area contributed by atoms with Crippen molar-refractivity contribution in [3.05, 3.63) is 35.9 Å². The normalized spacial score (nSPS) is 26.1. The van der Waals surface area contributed by atoms with E-state index in [1.807, 2.05) is 37.2 Å². The molecule has 0 saturated carbocycles. The van der Waals surface area contributed by atoms with E-state index >= 15 is 0 Å². The third-order valence-corrected chi connectivity index (χ3v) is 5.62. The van der Waals surface area contributed by atoms with Crippen LogP contribution < -0.4 is 15.1 Å². The number of hydrogen-bond donors (Lipinski definition) is 1. The summed E-state index contributed by atoms with van der Waals surface area (Å²) in [4.78, 5) is 20.7. The summed E-state index contributed by atoms with van der Waals surface area (Å²) in [7, 11) is 3.87. The molecular formula is C17H21N5O2S. The van der Waals surface area contributed by atoms with Crippen LogP contribution in [0.4, 0.5) is 11.1 Å². The molecule has 2 aliphatic rings. The van der Waals surface area contributed by atoms with E-state index in [0.717, 1.165) is 29.6 Å². The van der Waals surface area contributed by atoms with E-state index in [4.69, 9.17) is 4.74 Å². The molecule has 2 saturated heterocycles. The lowest BCUT2D eigenvalue weighted by atomic mass is 9.77. The molecule has 0 aliphatic carbocycles. The van der Waals surface area contributed by atoms with Crippen LogP contribution in [-0.4, -0.2) is 55.2 Å². The topological polar surface area (TPSA) is 70.6 Å². The quantitative estimate of drug-likeness (QED) is 0.889. The monoisotopic (exact) mass is 359 g/mol. The van der Waals surface area contributed by atoms with Crippen molar-refractivity contribution in [2.75, 3.05) is 43.6 Å². The predicted molar refractivity (Wildman–Crippen MR) is 97.1 cm³/mol. The third kappa shape index (κ3) is 2.85. The van der Waals surface area contributed by atoms with Crippen molar-refractivity contribution in [1.29, 1.82) is 0 Å². The number of rotatable bonds is 3. The Morgan fingerprint density at radius 1 is 1.36 bits per heavy atom. The molecule has 0 spiro atoms. The maximum Gasteiger partial charge on any atom is 0.246 e. The summed E-state index contributed by atoms with van der Waals surface area (Å²) in [6, 6.07) is 10.1. The Labute approximate surface area is 150 Å². The molecule has 4 rings (SSSR count). The summed E-state index contributed by atoms with van der Waals surface area (Å²) in [5, 5.41) is 4.11. The highest BCUT2D eigenvalue weighted by Gasteiger charge is 2.49. The summed E-state index contributed by atoms with van der Waals surface area (Å²) in [5.74, 6) is 0.664. The van der Waals surface area contributed by atoms with E-state index in [0.29, 0.717) is 6.54 Å². The highest BCUT2D eigenvalue weighted by molar-refractivity contribution is 7.09. The van der Waals surface area contributed by atoms with Crippen LogP contribution >= 0.6 is 11.5 Å². The van der Waals surface area contributed by atoms with Gasteiger partial charge in [-0.1, -0.05) is 30.3 Å². The van der Waals surface area contributed by atoms with E-state index in [9.17, 15) is 4.79 Å². The standard InChI is InChI=1S/C17H21N5O2S/c1-21(2)15-18-16(25-20-15)22-9-8-17(12-6-4-3-5-7-12)13(10-22)24-11-14(23)19-17/h3-7,13H,8-11H2,1-2H3,(H,19,23)/t13-,17+/m1/s1. The largest absolute Gasteiger partial charge is 0.364 e. The van der Waals surface area contributed by atoms with Gasteiger partial charge in [0.05, 0.1) is 5.54 Å². The van der Waals surface area contributed by atoms with Gasteiger partial charge in [-0.05, 0) is 12.0 Å². The van der Waals surface area contributed by atoms with Gasteiger partial charge >= 0.3 is 0 Å². The van der Waals surface area contributed by atoms with Gasteiger partial charge in [-0.3, -0.25) is 4.79 Å². The molecular weight excluding hydrogens is 338 g/mol. The Bertz CT molecular complexity index is 765. The van der Waals surface area contributed by atoms with Gasteiger partial charge in [0.2, 0.25) is 17.0 Å². The molecule has 8 heteroatoms. The summed E-state index contributed by atoms with van der Waals surface area (Å²) >= 11 is 1.40. The Balaban J connectivity index is 1.62. The maximum absolute atomic E-state index is 12.1. The Hall–Kier alpha value is -2.19. The number of anilines is 2. The van der Waals surface area contributed by atoms with Gasteiger partial charge in [-0.25, -0.2) is 0 Å². The molecule has 0 unspecified atom stereocenters.